The summed E-state index contributed by atoms with van der Waals surface area (Å²) in [6, 6.07) is 0. The van der Waals surface area contributed by atoms with Gasteiger partial charge in [0.1, 0.15) is 31.8 Å². The molecule has 0 aromatic carbocycles. The van der Waals surface area contributed by atoms with E-state index in [1.165, 1.54) is 12.8 Å². The average molecular weight is 912 g/mol. The van der Waals surface area contributed by atoms with Gasteiger partial charge in [0.05, 0.1) is 13.2 Å². The third kappa shape index (κ3) is 37.0. The number of nitrogens with zero attached hydrogens (tertiary/aromatic N) is 1. The predicted molar refractivity (Wildman–Crippen MR) is 251 cm³/mol. The molecule has 374 valence electrons. The molecule has 0 heterocycles. The highest BCUT2D eigenvalue weighted by Gasteiger charge is 2.38. The van der Waals surface area contributed by atoms with Gasteiger partial charge in [-0.2, -0.15) is 0 Å². The van der Waals surface area contributed by atoms with Gasteiger partial charge in [-0.3, -0.25) is 28.8 Å². The number of carbonyl (C=O) groups excluding carboxylic acids is 6. The van der Waals surface area contributed by atoms with Gasteiger partial charge in [-0.05, 0) is 83.8 Å². The summed E-state index contributed by atoms with van der Waals surface area (Å²) in [6.07, 6.45) is 21.9. The van der Waals surface area contributed by atoms with Crippen molar-refractivity contribution in [2.24, 2.45) is 11.3 Å². The van der Waals surface area contributed by atoms with E-state index in [9.17, 15) is 28.8 Å². The van der Waals surface area contributed by atoms with Crippen molar-refractivity contribution in [1.29, 1.82) is 0 Å². The molecule has 0 saturated carbocycles. The SMILES string of the molecule is CCCCCCCOC(=O)CCCCC(=O)OCC(COC(=O)CCCCC(=O)OCCCCCCC)(COC(=O)CCCN(C)CC)COC(=O)CC(CCCCC)CCCCC. The molecular weight excluding hydrogens is 819 g/mol. The first kappa shape index (κ1) is 60.8. The maximum absolute atomic E-state index is 13.5. The number of hydrogen-bond donors (Lipinski definition) is 0. The Morgan fingerprint density at radius 1 is 0.391 bits per heavy atom. The molecular formula is C51H93NO12. The Labute approximate surface area is 388 Å². The predicted octanol–water partition coefficient (Wildman–Crippen LogP) is 11.2. The molecule has 0 aliphatic carbocycles. The fourth-order valence-corrected chi connectivity index (χ4v) is 7.07. The van der Waals surface area contributed by atoms with E-state index in [1.807, 2.05) is 14.0 Å². The number of carbonyl (C=O) groups is 6. The molecule has 0 saturated heterocycles. The van der Waals surface area contributed by atoms with Gasteiger partial charge in [0, 0.05) is 38.5 Å². The first-order chi connectivity index (χ1) is 30.9. The van der Waals surface area contributed by atoms with Crippen molar-refractivity contribution >= 4 is 35.8 Å². The van der Waals surface area contributed by atoms with E-state index >= 15 is 0 Å². The number of hydrogen-bond acceptors (Lipinski definition) is 13. The van der Waals surface area contributed by atoms with Gasteiger partial charge in [-0.1, -0.05) is 125 Å². The van der Waals surface area contributed by atoms with Crippen LogP contribution in [0, 0.1) is 11.3 Å². The third-order valence-electron chi connectivity index (χ3n) is 11.6. The van der Waals surface area contributed by atoms with Crippen LogP contribution in [0.15, 0.2) is 0 Å². The number of ether oxygens (including phenoxy) is 6. The summed E-state index contributed by atoms with van der Waals surface area (Å²) < 4.78 is 33.9. The molecule has 0 radical (unpaired) electrons. The molecule has 0 rings (SSSR count). The lowest BCUT2D eigenvalue weighted by Gasteiger charge is -2.32. The van der Waals surface area contributed by atoms with Gasteiger partial charge < -0.3 is 33.3 Å². The van der Waals surface area contributed by atoms with E-state index < -0.39 is 29.3 Å². The number of rotatable bonds is 45. The molecule has 0 bridgehead atoms. The molecule has 13 nitrogen and oxygen atoms in total. The minimum absolute atomic E-state index is 0.0309. The molecule has 13 heteroatoms. The van der Waals surface area contributed by atoms with Crippen LogP contribution in [0.25, 0.3) is 0 Å². The Balaban J connectivity index is 5.83. The van der Waals surface area contributed by atoms with Gasteiger partial charge >= 0.3 is 35.8 Å². The van der Waals surface area contributed by atoms with Crippen LogP contribution in [0.3, 0.4) is 0 Å². The Bertz CT molecular complexity index is 1150. The molecule has 0 fully saturated rings. The Morgan fingerprint density at radius 3 is 1.09 bits per heavy atom. The second-order valence-corrected chi connectivity index (χ2v) is 17.9. The number of esters is 6. The van der Waals surface area contributed by atoms with Crippen molar-refractivity contribution in [3.8, 4) is 0 Å². The zero-order chi connectivity index (χ0) is 47.5. The van der Waals surface area contributed by atoms with Crippen molar-refractivity contribution in [2.45, 2.75) is 221 Å². The van der Waals surface area contributed by atoms with E-state index in [4.69, 9.17) is 28.4 Å². The molecule has 0 amide bonds. The third-order valence-corrected chi connectivity index (χ3v) is 11.6. The molecule has 0 unspecified atom stereocenters. The maximum Gasteiger partial charge on any atom is 0.306 e. The summed E-state index contributed by atoms with van der Waals surface area (Å²) in [6.45, 7) is 11.7. The van der Waals surface area contributed by atoms with Gasteiger partial charge in [0.15, 0.2) is 0 Å². The van der Waals surface area contributed by atoms with Crippen LogP contribution in [-0.2, 0) is 57.2 Å². The van der Waals surface area contributed by atoms with Crippen LogP contribution >= 0.6 is 0 Å². The van der Waals surface area contributed by atoms with Crippen LogP contribution in [0.4, 0.5) is 0 Å². The molecule has 0 atom stereocenters. The highest BCUT2D eigenvalue weighted by atomic mass is 16.6. The standard InChI is InChI=1S/C51H93NO12/c1-7-12-16-18-26-37-59-45(53)31-22-24-33-47(55)61-40-51(42-63-49(57)35-28-36-52(6)11-5,43-64-50(58)39-44(29-20-14-9-3)30-21-15-10-4)41-62-48(56)34-25-23-32-46(54)60-38-27-19-17-13-8-2/h44H,7-43H2,1-6H3. The summed E-state index contributed by atoms with van der Waals surface area (Å²) in [5.74, 6) is -2.37. The maximum atomic E-state index is 13.5. The van der Waals surface area contributed by atoms with Crippen molar-refractivity contribution in [3.05, 3.63) is 0 Å². The van der Waals surface area contributed by atoms with Crippen molar-refractivity contribution < 1.29 is 57.2 Å². The smallest absolute Gasteiger partial charge is 0.306 e. The van der Waals surface area contributed by atoms with E-state index in [2.05, 4.69) is 32.6 Å². The molecule has 0 aliphatic heterocycles. The van der Waals surface area contributed by atoms with E-state index in [-0.39, 0.29) is 82.8 Å². The first-order valence-electron chi connectivity index (χ1n) is 25.6. The fraction of sp³-hybridized carbons (Fsp3) is 0.882. The minimum atomic E-state index is -1.38. The van der Waals surface area contributed by atoms with E-state index in [0.29, 0.717) is 51.9 Å². The van der Waals surface area contributed by atoms with Crippen molar-refractivity contribution in [2.75, 3.05) is 59.8 Å². The van der Waals surface area contributed by atoms with Crippen LogP contribution < -0.4 is 0 Å². The summed E-state index contributed by atoms with van der Waals surface area (Å²) in [4.78, 5) is 79.3. The molecule has 64 heavy (non-hydrogen) atoms. The van der Waals surface area contributed by atoms with Gasteiger partial charge in [0.2, 0.25) is 0 Å². The lowest BCUT2D eigenvalue weighted by molar-refractivity contribution is -0.171. The van der Waals surface area contributed by atoms with E-state index in [0.717, 1.165) is 109 Å². The summed E-state index contributed by atoms with van der Waals surface area (Å²) in [5.41, 5.74) is -1.38. The van der Waals surface area contributed by atoms with Crippen LogP contribution in [-0.4, -0.2) is 100 Å². The second-order valence-electron chi connectivity index (χ2n) is 17.9. The van der Waals surface area contributed by atoms with E-state index in [1.54, 1.807) is 0 Å². The molecule has 0 N–H and O–H groups in total. The zero-order valence-corrected chi connectivity index (χ0v) is 41.6. The second kappa shape index (κ2) is 42.4. The number of unbranched alkanes of at least 4 members (excludes halogenated alkanes) is 14. The molecule has 0 aromatic heterocycles. The highest BCUT2D eigenvalue weighted by Crippen LogP contribution is 2.26. The zero-order valence-electron chi connectivity index (χ0n) is 41.6. The Morgan fingerprint density at radius 2 is 0.719 bits per heavy atom. The fourth-order valence-electron chi connectivity index (χ4n) is 7.07. The molecule has 0 aliphatic rings. The Kier molecular flexibility index (Phi) is 40.3. The summed E-state index contributed by atoms with van der Waals surface area (Å²) in [5, 5.41) is 0. The first-order valence-corrected chi connectivity index (χ1v) is 25.6. The highest BCUT2D eigenvalue weighted by molar-refractivity contribution is 5.72. The van der Waals surface area contributed by atoms with Crippen LogP contribution in [0.2, 0.25) is 0 Å². The van der Waals surface area contributed by atoms with Crippen LogP contribution in [0.1, 0.15) is 221 Å². The lowest BCUT2D eigenvalue weighted by atomic mass is 9.91. The van der Waals surface area contributed by atoms with Crippen LogP contribution in [0.5, 0.6) is 0 Å². The summed E-state index contributed by atoms with van der Waals surface area (Å²) in [7, 11) is 1.97. The quantitative estimate of drug-likeness (QED) is 0.0323. The largest absolute Gasteiger partial charge is 0.466 e. The molecule has 0 spiro atoms. The van der Waals surface area contributed by atoms with Crippen molar-refractivity contribution in [1.82, 2.24) is 4.90 Å². The monoisotopic (exact) mass is 912 g/mol. The minimum Gasteiger partial charge on any atom is -0.466 e. The van der Waals surface area contributed by atoms with Gasteiger partial charge in [0.25, 0.3) is 0 Å². The van der Waals surface area contributed by atoms with Gasteiger partial charge in [-0.15, -0.1) is 0 Å². The lowest BCUT2D eigenvalue weighted by Crippen LogP contribution is -2.44. The Hall–Kier alpha value is -3.22. The summed E-state index contributed by atoms with van der Waals surface area (Å²) >= 11 is 0. The normalized spacial score (nSPS) is 11.4. The average Bonchev–Trinajstić information content (AvgIpc) is 3.28. The van der Waals surface area contributed by atoms with Crippen molar-refractivity contribution in [3.63, 3.8) is 0 Å². The molecule has 0 aromatic rings. The van der Waals surface area contributed by atoms with Gasteiger partial charge in [-0.25, -0.2) is 0 Å². The topological polar surface area (TPSA) is 161 Å².